The zero-order valence-electron chi connectivity index (χ0n) is 7.40. The van der Waals surface area contributed by atoms with E-state index in [1.54, 1.807) is 6.92 Å². The number of hydrogen-bond donors (Lipinski definition) is 0. The monoisotopic (exact) mass is 195 g/mol. The summed E-state index contributed by atoms with van der Waals surface area (Å²) in [6.45, 7) is 1.89. The van der Waals surface area contributed by atoms with Gasteiger partial charge in [0, 0.05) is 12.6 Å². The zero-order chi connectivity index (χ0) is 10.1. The Morgan fingerprint density at radius 2 is 2.00 bits per heavy atom. The van der Waals surface area contributed by atoms with Crippen molar-refractivity contribution in [1.82, 2.24) is 4.90 Å². The molecule has 76 valence electrons. The molecule has 0 aromatic heterocycles. The van der Waals surface area contributed by atoms with Gasteiger partial charge in [-0.15, -0.1) is 0 Å². The first-order valence-corrected chi connectivity index (χ1v) is 4.30. The Kier molecular flexibility index (Phi) is 2.83. The molecule has 0 aromatic carbocycles. The molecule has 1 aliphatic heterocycles. The highest BCUT2D eigenvalue weighted by Crippen LogP contribution is 2.24. The Hall–Kier alpha value is -0.740. The number of alkyl halides is 3. The van der Waals surface area contributed by atoms with Crippen molar-refractivity contribution in [2.75, 3.05) is 6.54 Å². The minimum Gasteiger partial charge on any atom is -0.332 e. The Bertz CT molecular complexity index is 202. The van der Waals surface area contributed by atoms with Crippen LogP contribution in [0.25, 0.3) is 0 Å². The first kappa shape index (κ1) is 10.3. The molecule has 1 atom stereocenters. The van der Waals surface area contributed by atoms with Crippen LogP contribution in [0.3, 0.4) is 0 Å². The molecule has 13 heavy (non-hydrogen) atoms. The van der Waals surface area contributed by atoms with Gasteiger partial charge >= 0.3 is 12.1 Å². The van der Waals surface area contributed by atoms with Gasteiger partial charge in [-0.2, -0.15) is 13.2 Å². The van der Waals surface area contributed by atoms with Crippen LogP contribution in [0.2, 0.25) is 0 Å². The standard InChI is InChI=1S/C8H12F3NO/c1-6-4-2-3-5-12(6)7(13)8(9,10)11/h6H,2-5H2,1H3/t6-/m0/s1. The summed E-state index contributed by atoms with van der Waals surface area (Å²) in [4.78, 5) is 11.8. The first-order chi connectivity index (χ1) is 5.93. The minimum absolute atomic E-state index is 0.236. The highest BCUT2D eigenvalue weighted by molar-refractivity contribution is 5.82. The SMILES string of the molecule is C[C@H]1CCCCN1C(=O)C(F)(F)F. The third kappa shape index (κ3) is 2.35. The second kappa shape index (κ2) is 3.55. The normalized spacial score (nSPS) is 24.6. The molecule has 0 radical (unpaired) electrons. The number of carbonyl (C=O) groups excluding carboxylic acids is 1. The molecule has 0 N–H and O–H groups in total. The van der Waals surface area contributed by atoms with E-state index in [9.17, 15) is 18.0 Å². The van der Waals surface area contributed by atoms with Crippen molar-refractivity contribution in [1.29, 1.82) is 0 Å². The second-order valence-electron chi connectivity index (χ2n) is 3.34. The molecule has 0 spiro atoms. The molecule has 1 fully saturated rings. The molecule has 0 aliphatic carbocycles. The van der Waals surface area contributed by atoms with Gasteiger partial charge in [0.2, 0.25) is 0 Å². The molecule has 0 bridgehead atoms. The van der Waals surface area contributed by atoms with Crippen LogP contribution in [-0.2, 0) is 4.79 Å². The largest absolute Gasteiger partial charge is 0.471 e. The Morgan fingerprint density at radius 1 is 1.38 bits per heavy atom. The summed E-state index contributed by atoms with van der Waals surface area (Å²) in [6, 6.07) is -0.275. The van der Waals surface area contributed by atoms with Crippen molar-refractivity contribution < 1.29 is 18.0 Å². The van der Waals surface area contributed by atoms with E-state index in [0.717, 1.165) is 11.3 Å². The van der Waals surface area contributed by atoms with Gasteiger partial charge in [0.1, 0.15) is 0 Å². The fourth-order valence-corrected chi connectivity index (χ4v) is 1.56. The van der Waals surface area contributed by atoms with Crippen LogP contribution in [0.1, 0.15) is 26.2 Å². The van der Waals surface area contributed by atoms with Gasteiger partial charge in [0.25, 0.3) is 0 Å². The predicted octanol–water partition coefficient (Wildman–Crippen LogP) is 1.95. The third-order valence-electron chi connectivity index (χ3n) is 2.31. The topological polar surface area (TPSA) is 20.3 Å². The summed E-state index contributed by atoms with van der Waals surface area (Å²) in [6.07, 6.45) is -2.47. The van der Waals surface area contributed by atoms with Gasteiger partial charge in [-0.1, -0.05) is 0 Å². The number of rotatable bonds is 0. The van der Waals surface area contributed by atoms with Gasteiger partial charge in [-0.25, -0.2) is 0 Å². The van der Waals surface area contributed by atoms with E-state index >= 15 is 0 Å². The predicted molar refractivity (Wildman–Crippen MR) is 41.1 cm³/mol. The Balaban J connectivity index is 2.64. The minimum atomic E-state index is -4.72. The number of halogens is 3. The van der Waals surface area contributed by atoms with E-state index in [2.05, 4.69) is 0 Å². The smallest absolute Gasteiger partial charge is 0.332 e. The third-order valence-corrected chi connectivity index (χ3v) is 2.31. The van der Waals surface area contributed by atoms with E-state index in [0.29, 0.717) is 12.8 Å². The quantitative estimate of drug-likeness (QED) is 0.578. The molecule has 5 heteroatoms. The lowest BCUT2D eigenvalue weighted by atomic mass is 10.0. The Morgan fingerprint density at radius 3 is 2.46 bits per heavy atom. The average Bonchev–Trinajstić information content (AvgIpc) is 2.02. The van der Waals surface area contributed by atoms with Crippen molar-refractivity contribution in [3.63, 3.8) is 0 Å². The molecule has 1 heterocycles. The molecule has 0 aromatic rings. The van der Waals surface area contributed by atoms with Crippen LogP contribution in [0, 0.1) is 0 Å². The van der Waals surface area contributed by atoms with E-state index in [4.69, 9.17) is 0 Å². The summed E-state index contributed by atoms with van der Waals surface area (Å²) in [7, 11) is 0. The fraction of sp³-hybridized carbons (Fsp3) is 0.875. The van der Waals surface area contributed by atoms with Crippen LogP contribution < -0.4 is 0 Å². The summed E-state index contributed by atoms with van der Waals surface area (Å²) in [5, 5.41) is 0. The van der Waals surface area contributed by atoms with Gasteiger partial charge in [-0.3, -0.25) is 4.79 Å². The van der Waals surface area contributed by atoms with Crippen LogP contribution in [-0.4, -0.2) is 29.6 Å². The van der Waals surface area contributed by atoms with Crippen LogP contribution >= 0.6 is 0 Å². The lowest BCUT2D eigenvalue weighted by molar-refractivity contribution is -0.188. The van der Waals surface area contributed by atoms with Crippen molar-refractivity contribution in [2.45, 2.75) is 38.4 Å². The van der Waals surface area contributed by atoms with Crippen molar-refractivity contribution in [3.8, 4) is 0 Å². The van der Waals surface area contributed by atoms with E-state index in [-0.39, 0.29) is 12.6 Å². The molecular weight excluding hydrogens is 183 g/mol. The van der Waals surface area contributed by atoms with E-state index in [1.165, 1.54) is 0 Å². The molecule has 1 rings (SSSR count). The summed E-state index contributed by atoms with van der Waals surface area (Å²) in [5.74, 6) is -1.69. The number of hydrogen-bond acceptors (Lipinski definition) is 1. The molecular formula is C8H12F3NO. The number of nitrogens with zero attached hydrogens (tertiary/aromatic N) is 1. The Labute approximate surface area is 74.7 Å². The maximum absolute atomic E-state index is 12.0. The van der Waals surface area contributed by atoms with Crippen LogP contribution in [0.4, 0.5) is 13.2 Å². The molecule has 2 nitrogen and oxygen atoms in total. The van der Waals surface area contributed by atoms with Crippen molar-refractivity contribution in [3.05, 3.63) is 0 Å². The maximum atomic E-state index is 12.0. The van der Waals surface area contributed by atoms with E-state index < -0.39 is 12.1 Å². The summed E-state index contributed by atoms with van der Waals surface area (Å²) < 4.78 is 36.0. The summed E-state index contributed by atoms with van der Waals surface area (Å²) in [5.41, 5.74) is 0. The van der Waals surface area contributed by atoms with Crippen LogP contribution in [0.15, 0.2) is 0 Å². The molecule has 1 amide bonds. The number of likely N-dealkylation sites (tertiary alicyclic amines) is 1. The highest BCUT2D eigenvalue weighted by atomic mass is 19.4. The number of piperidine rings is 1. The second-order valence-corrected chi connectivity index (χ2v) is 3.34. The maximum Gasteiger partial charge on any atom is 0.471 e. The highest BCUT2D eigenvalue weighted by Gasteiger charge is 2.44. The fourth-order valence-electron chi connectivity index (χ4n) is 1.56. The molecule has 0 saturated carbocycles. The average molecular weight is 195 g/mol. The lowest BCUT2D eigenvalue weighted by Crippen LogP contribution is -2.48. The van der Waals surface area contributed by atoms with Crippen LogP contribution in [0.5, 0.6) is 0 Å². The molecule has 1 saturated heterocycles. The van der Waals surface area contributed by atoms with Crippen molar-refractivity contribution in [2.24, 2.45) is 0 Å². The number of carbonyl (C=O) groups is 1. The van der Waals surface area contributed by atoms with Gasteiger partial charge in [0.05, 0.1) is 0 Å². The van der Waals surface area contributed by atoms with Gasteiger partial charge in [0.15, 0.2) is 0 Å². The summed E-state index contributed by atoms with van der Waals surface area (Å²) >= 11 is 0. The van der Waals surface area contributed by atoms with Gasteiger partial charge < -0.3 is 4.90 Å². The van der Waals surface area contributed by atoms with E-state index in [1.807, 2.05) is 0 Å². The van der Waals surface area contributed by atoms with Gasteiger partial charge in [-0.05, 0) is 26.2 Å². The zero-order valence-corrected chi connectivity index (χ0v) is 7.40. The molecule has 1 aliphatic rings. The molecule has 0 unspecified atom stereocenters. The first-order valence-electron chi connectivity index (χ1n) is 4.30. The van der Waals surface area contributed by atoms with Crippen molar-refractivity contribution >= 4 is 5.91 Å². The number of amides is 1. The lowest BCUT2D eigenvalue weighted by Gasteiger charge is -2.33.